The maximum Gasteiger partial charge on any atom is 0.344 e. The lowest BCUT2D eigenvalue weighted by Gasteiger charge is -2.15. The van der Waals surface area contributed by atoms with Gasteiger partial charge in [0, 0.05) is 20.2 Å². The quantitative estimate of drug-likeness (QED) is 0.252. The van der Waals surface area contributed by atoms with Crippen molar-refractivity contribution in [2.75, 3.05) is 13.2 Å². The van der Waals surface area contributed by atoms with Gasteiger partial charge in [0.25, 0.3) is 0 Å². The summed E-state index contributed by atoms with van der Waals surface area (Å²) in [7, 11) is -1.27. The number of nitrogens with zero attached hydrogens (tertiary/aromatic N) is 1. The second kappa shape index (κ2) is 9.89. The minimum absolute atomic E-state index is 0.0819. The molecule has 0 aliphatic heterocycles. The normalized spacial score (nSPS) is 11.0. The van der Waals surface area contributed by atoms with E-state index in [0.717, 1.165) is 11.6 Å². The van der Waals surface area contributed by atoms with E-state index in [-0.39, 0.29) is 24.7 Å². The second-order valence-electron chi connectivity index (χ2n) is 7.48. The first-order valence-electron chi connectivity index (χ1n) is 8.98. The lowest BCUT2D eigenvalue weighted by molar-refractivity contribution is -0.386. The molecule has 28 heavy (non-hydrogen) atoms. The molecule has 0 unspecified atom stereocenters. The molecule has 0 amide bonds. The SMILES string of the molecule is C[Si](C)(C)CCOC(=O)COc1ccc([N+](=O)[O-])c(OCc2ccccc2)c1. The van der Waals surface area contributed by atoms with Crippen molar-refractivity contribution in [3.8, 4) is 11.5 Å². The number of carbonyl (C=O) groups is 1. The monoisotopic (exact) mass is 403 g/mol. The molecule has 2 aromatic rings. The van der Waals surface area contributed by atoms with E-state index in [0.29, 0.717) is 12.4 Å². The molecule has 0 aliphatic rings. The zero-order chi connectivity index (χ0) is 20.6. The summed E-state index contributed by atoms with van der Waals surface area (Å²) in [6.07, 6.45) is 0. The van der Waals surface area contributed by atoms with Gasteiger partial charge in [0.05, 0.1) is 11.5 Å². The fraction of sp³-hybridized carbons (Fsp3) is 0.350. The first-order chi connectivity index (χ1) is 13.2. The highest BCUT2D eigenvalue weighted by Crippen LogP contribution is 2.31. The highest BCUT2D eigenvalue weighted by molar-refractivity contribution is 6.76. The van der Waals surface area contributed by atoms with Gasteiger partial charge in [0.1, 0.15) is 12.4 Å². The summed E-state index contributed by atoms with van der Waals surface area (Å²) >= 11 is 0. The van der Waals surface area contributed by atoms with Crippen LogP contribution in [0.15, 0.2) is 48.5 Å². The minimum Gasteiger partial charge on any atom is -0.482 e. The molecule has 0 spiro atoms. The Labute approximate surface area is 165 Å². The van der Waals surface area contributed by atoms with Crippen molar-refractivity contribution in [3.05, 3.63) is 64.2 Å². The average molecular weight is 404 g/mol. The minimum atomic E-state index is -1.27. The Morgan fingerprint density at radius 3 is 2.43 bits per heavy atom. The number of rotatable bonds is 10. The molecule has 8 heteroatoms. The van der Waals surface area contributed by atoms with E-state index < -0.39 is 19.0 Å². The number of esters is 1. The number of benzene rings is 2. The summed E-state index contributed by atoms with van der Waals surface area (Å²) in [4.78, 5) is 22.5. The summed E-state index contributed by atoms with van der Waals surface area (Å²) in [5.74, 6) is -0.0855. The molecule has 0 radical (unpaired) electrons. The fourth-order valence-electron chi connectivity index (χ4n) is 2.24. The molecule has 2 aromatic carbocycles. The Morgan fingerprint density at radius 2 is 1.79 bits per heavy atom. The number of nitro benzene ring substituents is 1. The zero-order valence-electron chi connectivity index (χ0n) is 16.3. The maximum atomic E-state index is 11.8. The maximum absolute atomic E-state index is 11.8. The molecule has 0 saturated carbocycles. The van der Waals surface area contributed by atoms with Crippen molar-refractivity contribution in [1.82, 2.24) is 0 Å². The molecule has 2 rings (SSSR count). The highest BCUT2D eigenvalue weighted by atomic mass is 28.3. The van der Waals surface area contributed by atoms with Gasteiger partial charge in [-0.3, -0.25) is 10.1 Å². The van der Waals surface area contributed by atoms with Crippen LogP contribution in [0.5, 0.6) is 11.5 Å². The van der Waals surface area contributed by atoms with Crippen molar-refractivity contribution in [1.29, 1.82) is 0 Å². The average Bonchev–Trinajstić information content (AvgIpc) is 2.64. The summed E-state index contributed by atoms with van der Waals surface area (Å²) < 4.78 is 16.2. The van der Waals surface area contributed by atoms with E-state index in [9.17, 15) is 14.9 Å². The Morgan fingerprint density at radius 1 is 1.07 bits per heavy atom. The van der Waals surface area contributed by atoms with Crippen LogP contribution >= 0.6 is 0 Å². The molecular weight excluding hydrogens is 378 g/mol. The van der Waals surface area contributed by atoms with Gasteiger partial charge in [-0.2, -0.15) is 0 Å². The highest BCUT2D eigenvalue weighted by Gasteiger charge is 2.18. The molecule has 0 fully saturated rings. The molecule has 0 bridgehead atoms. The predicted octanol–water partition coefficient (Wildman–Crippen LogP) is 4.43. The number of hydrogen-bond donors (Lipinski definition) is 0. The smallest absolute Gasteiger partial charge is 0.344 e. The van der Waals surface area contributed by atoms with Crippen LogP contribution in [0, 0.1) is 10.1 Å². The molecule has 0 N–H and O–H groups in total. The Kier molecular flexibility index (Phi) is 7.57. The number of nitro groups is 1. The van der Waals surface area contributed by atoms with Crippen molar-refractivity contribution >= 4 is 19.7 Å². The lowest BCUT2D eigenvalue weighted by Crippen LogP contribution is -2.24. The van der Waals surface area contributed by atoms with Crippen LogP contribution in [0.3, 0.4) is 0 Å². The van der Waals surface area contributed by atoms with Gasteiger partial charge in [0.15, 0.2) is 6.61 Å². The third-order valence-electron chi connectivity index (χ3n) is 3.84. The Balaban J connectivity index is 1.95. The van der Waals surface area contributed by atoms with Crippen molar-refractivity contribution in [2.45, 2.75) is 32.3 Å². The van der Waals surface area contributed by atoms with Crippen LogP contribution in [-0.2, 0) is 16.1 Å². The van der Waals surface area contributed by atoms with E-state index in [1.807, 2.05) is 30.3 Å². The zero-order valence-corrected chi connectivity index (χ0v) is 17.3. The predicted molar refractivity (Wildman–Crippen MR) is 108 cm³/mol. The van der Waals surface area contributed by atoms with Gasteiger partial charge in [-0.1, -0.05) is 50.0 Å². The van der Waals surface area contributed by atoms with E-state index in [4.69, 9.17) is 14.2 Å². The van der Waals surface area contributed by atoms with Crippen LogP contribution in [0.4, 0.5) is 5.69 Å². The molecule has 7 nitrogen and oxygen atoms in total. The summed E-state index contributed by atoms with van der Waals surface area (Å²) in [6.45, 7) is 6.90. The molecular formula is C20H25NO6Si. The van der Waals surface area contributed by atoms with E-state index >= 15 is 0 Å². The van der Waals surface area contributed by atoms with Gasteiger partial charge in [-0.25, -0.2) is 4.79 Å². The van der Waals surface area contributed by atoms with Gasteiger partial charge < -0.3 is 14.2 Å². The summed E-state index contributed by atoms with van der Waals surface area (Å²) in [5.41, 5.74) is 0.718. The van der Waals surface area contributed by atoms with Gasteiger partial charge in [0.2, 0.25) is 5.75 Å². The van der Waals surface area contributed by atoms with Crippen LogP contribution < -0.4 is 9.47 Å². The molecule has 150 valence electrons. The van der Waals surface area contributed by atoms with Crippen molar-refractivity contribution in [3.63, 3.8) is 0 Å². The number of carbonyl (C=O) groups excluding carboxylic acids is 1. The van der Waals surface area contributed by atoms with E-state index in [1.54, 1.807) is 0 Å². The first kappa shape index (κ1) is 21.4. The van der Waals surface area contributed by atoms with E-state index in [1.165, 1.54) is 18.2 Å². The lowest BCUT2D eigenvalue weighted by atomic mass is 10.2. The van der Waals surface area contributed by atoms with Gasteiger partial charge >= 0.3 is 11.7 Å². The molecule has 0 saturated heterocycles. The molecule has 0 heterocycles. The van der Waals surface area contributed by atoms with Gasteiger partial charge in [-0.05, 0) is 17.7 Å². The van der Waals surface area contributed by atoms with Crippen LogP contribution in [0.1, 0.15) is 5.56 Å². The fourth-order valence-corrected chi connectivity index (χ4v) is 2.96. The standard InChI is InChI=1S/C20H25NO6Si/c1-28(2,3)12-11-25-20(22)15-26-17-9-10-18(21(23)24)19(13-17)27-14-16-7-5-4-6-8-16/h4-10,13H,11-12,14-15H2,1-3H3. The number of hydrogen-bond acceptors (Lipinski definition) is 6. The van der Waals surface area contributed by atoms with E-state index in [2.05, 4.69) is 19.6 Å². The third-order valence-corrected chi connectivity index (χ3v) is 5.54. The molecule has 0 atom stereocenters. The molecule has 0 aromatic heterocycles. The first-order valence-corrected chi connectivity index (χ1v) is 12.7. The summed E-state index contributed by atoms with van der Waals surface area (Å²) in [5, 5.41) is 11.2. The van der Waals surface area contributed by atoms with Gasteiger partial charge in [-0.15, -0.1) is 0 Å². The summed E-state index contributed by atoms with van der Waals surface area (Å²) in [6, 6.07) is 14.4. The van der Waals surface area contributed by atoms with Crippen LogP contribution in [-0.4, -0.2) is 32.2 Å². The molecule has 0 aliphatic carbocycles. The third kappa shape index (κ3) is 7.40. The van der Waals surface area contributed by atoms with Crippen LogP contribution in [0.2, 0.25) is 25.7 Å². The van der Waals surface area contributed by atoms with Crippen molar-refractivity contribution in [2.24, 2.45) is 0 Å². The largest absolute Gasteiger partial charge is 0.482 e. The van der Waals surface area contributed by atoms with Crippen LogP contribution in [0.25, 0.3) is 0 Å². The van der Waals surface area contributed by atoms with Crippen molar-refractivity contribution < 1.29 is 23.9 Å². The Hall–Kier alpha value is -2.87. The second-order valence-corrected chi connectivity index (χ2v) is 13.1. The topological polar surface area (TPSA) is 87.9 Å². The Bertz CT molecular complexity index is 804. The number of ether oxygens (including phenoxy) is 3.